The number of likely N-dealkylation sites (tertiary alicyclic amines) is 2. The molecule has 0 radical (unpaired) electrons. The largest absolute Gasteiger partial charge is 0.491 e. The van der Waals surface area contributed by atoms with Crippen molar-refractivity contribution in [2.45, 2.75) is 115 Å². The summed E-state index contributed by atoms with van der Waals surface area (Å²) in [7, 11) is 1.79. The lowest BCUT2D eigenvalue weighted by atomic mass is 9.83. The van der Waals surface area contributed by atoms with E-state index in [0.29, 0.717) is 78.1 Å². The van der Waals surface area contributed by atoms with Crippen LogP contribution < -0.4 is 15.4 Å². The van der Waals surface area contributed by atoms with Crippen LogP contribution in [0.25, 0.3) is 0 Å². The Morgan fingerprint density at radius 2 is 1.31 bits per heavy atom. The number of hydrogen-bond acceptors (Lipinski definition) is 10. The van der Waals surface area contributed by atoms with E-state index in [2.05, 4.69) is 32.6 Å². The molecule has 55 heavy (non-hydrogen) atoms. The normalized spacial score (nSPS) is 22.3. The molecule has 0 bridgehead atoms. The molecule has 2 amide bonds. The number of carbonyl (C=O) groups is 2. The molecule has 2 aliphatic heterocycles. The van der Waals surface area contributed by atoms with Crippen molar-refractivity contribution in [3.05, 3.63) is 29.8 Å². The first-order valence-electron chi connectivity index (χ1n) is 21.7. The molecule has 4 fully saturated rings. The van der Waals surface area contributed by atoms with Gasteiger partial charge in [-0.1, -0.05) is 50.7 Å². The second kappa shape index (κ2) is 25.1. The summed E-state index contributed by atoms with van der Waals surface area (Å²) in [5.74, 6) is 1.66. The number of rotatable bonds is 25. The first-order valence-corrected chi connectivity index (χ1v) is 21.7. The van der Waals surface area contributed by atoms with Crippen LogP contribution in [0, 0.1) is 11.8 Å². The Labute approximate surface area is 331 Å². The molecule has 12 heteroatoms. The monoisotopic (exact) mass is 773 g/mol. The van der Waals surface area contributed by atoms with Crippen molar-refractivity contribution in [1.29, 1.82) is 0 Å². The molecule has 4 aliphatic rings. The van der Waals surface area contributed by atoms with E-state index in [1.54, 1.807) is 7.05 Å². The summed E-state index contributed by atoms with van der Waals surface area (Å²) in [6, 6.07) is 7.84. The molecule has 2 heterocycles. The molecular formula is C43H72N4O8. The Morgan fingerprint density at radius 1 is 0.727 bits per heavy atom. The lowest BCUT2D eigenvalue weighted by Crippen LogP contribution is -2.58. The number of hydrogen-bond donors (Lipinski definition) is 2. The number of benzene rings is 1. The van der Waals surface area contributed by atoms with E-state index < -0.39 is 6.04 Å². The average Bonchev–Trinajstić information content (AvgIpc) is 3.65. The Kier molecular flexibility index (Phi) is 20.0. The van der Waals surface area contributed by atoms with Crippen LogP contribution in [0.2, 0.25) is 0 Å². The van der Waals surface area contributed by atoms with Gasteiger partial charge in [0.05, 0.1) is 71.6 Å². The third kappa shape index (κ3) is 15.2. The maximum absolute atomic E-state index is 14.2. The minimum absolute atomic E-state index is 0.0837. The van der Waals surface area contributed by atoms with E-state index in [9.17, 15) is 9.59 Å². The van der Waals surface area contributed by atoms with E-state index in [-0.39, 0.29) is 29.8 Å². The fourth-order valence-corrected chi connectivity index (χ4v) is 8.64. The summed E-state index contributed by atoms with van der Waals surface area (Å²) in [6.07, 6.45) is 15.4. The van der Waals surface area contributed by atoms with Gasteiger partial charge < -0.3 is 48.9 Å². The summed E-state index contributed by atoms with van der Waals surface area (Å²) in [5, 5.41) is 6.21. The predicted octanol–water partition coefficient (Wildman–Crippen LogP) is 4.62. The van der Waals surface area contributed by atoms with Gasteiger partial charge in [-0.25, -0.2) is 0 Å². The number of likely N-dealkylation sites (N-methyl/N-ethyl adjacent to an activating group) is 1. The zero-order valence-electron chi connectivity index (χ0n) is 34.0. The minimum Gasteiger partial charge on any atom is -0.491 e. The standard InChI is InChI=1S/C43H72N4O8/c1-34(44-2)42(48)45-41(37-9-5-3-6-10-37)43(49)47-22-19-36-18-21-46(33-40(36)47)20-17-35-13-15-39(16-14-35)55-32-30-53-28-26-51-24-23-50-25-27-52-29-31-54-38-11-7-4-8-12-38/h13-16,34,36-38,40-41,44H,3-12,17-33H2,1-2H3,(H,45,48)/t34-,36-,40-,41?/m0/s1. The third-order valence-electron chi connectivity index (χ3n) is 12.1. The molecule has 4 atom stereocenters. The molecule has 2 saturated heterocycles. The quantitative estimate of drug-likeness (QED) is 0.136. The number of nitrogens with zero attached hydrogens (tertiary/aromatic N) is 2. The predicted molar refractivity (Wildman–Crippen MR) is 213 cm³/mol. The summed E-state index contributed by atoms with van der Waals surface area (Å²) < 4.78 is 34.2. The van der Waals surface area contributed by atoms with Gasteiger partial charge in [-0.15, -0.1) is 0 Å². The number of piperidine rings is 1. The van der Waals surface area contributed by atoms with Crippen molar-refractivity contribution < 1.29 is 38.0 Å². The summed E-state index contributed by atoms with van der Waals surface area (Å²) in [4.78, 5) is 31.7. The van der Waals surface area contributed by atoms with Gasteiger partial charge in [0.25, 0.3) is 0 Å². The highest BCUT2D eigenvalue weighted by molar-refractivity contribution is 5.90. The van der Waals surface area contributed by atoms with Crippen molar-refractivity contribution in [3.63, 3.8) is 0 Å². The van der Waals surface area contributed by atoms with Crippen LogP contribution >= 0.6 is 0 Å². The van der Waals surface area contributed by atoms with Crippen molar-refractivity contribution in [2.75, 3.05) is 99.3 Å². The van der Waals surface area contributed by atoms with E-state index in [1.807, 2.05) is 19.1 Å². The highest BCUT2D eigenvalue weighted by Crippen LogP contribution is 2.34. The molecule has 1 unspecified atom stereocenters. The van der Waals surface area contributed by atoms with Crippen molar-refractivity contribution in [2.24, 2.45) is 11.8 Å². The van der Waals surface area contributed by atoms with Gasteiger partial charge >= 0.3 is 0 Å². The van der Waals surface area contributed by atoms with Gasteiger partial charge in [-0.3, -0.25) is 9.59 Å². The number of nitrogens with one attached hydrogen (secondary N) is 2. The molecule has 312 valence electrons. The lowest BCUT2D eigenvalue weighted by Gasteiger charge is -2.41. The lowest BCUT2D eigenvalue weighted by molar-refractivity contribution is -0.140. The zero-order valence-corrected chi connectivity index (χ0v) is 34.0. The Hall–Kier alpha value is -2.32. The maximum atomic E-state index is 14.2. The molecule has 0 aromatic heterocycles. The van der Waals surface area contributed by atoms with Gasteiger partial charge in [0.2, 0.25) is 11.8 Å². The summed E-state index contributed by atoms with van der Waals surface area (Å²) in [6.45, 7) is 11.1. The maximum Gasteiger partial charge on any atom is 0.245 e. The van der Waals surface area contributed by atoms with Gasteiger partial charge in [0.1, 0.15) is 18.4 Å². The molecule has 2 aliphatic carbocycles. The van der Waals surface area contributed by atoms with Crippen molar-refractivity contribution >= 4 is 11.8 Å². The first-order chi connectivity index (χ1) is 27.0. The summed E-state index contributed by atoms with van der Waals surface area (Å²) in [5.41, 5.74) is 1.27. The van der Waals surface area contributed by atoms with Crippen LogP contribution in [0.1, 0.15) is 89.5 Å². The Bertz CT molecular complexity index is 1210. The molecule has 1 aromatic carbocycles. The van der Waals surface area contributed by atoms with Gasteiger partial charge in [0, 0.05) is 25.7 Å². The third-order valence-corrected chi connectivity index (χ3v) is 12.1. The average molecular weight is 773 g/mol. The second-order valence-corrected chi connectivity index (χ2v) is 16.0. The second-order valence-electron chi connectivity index (χ2n) is 16.0. The van der Waals surface area contributed by atoms with E-state index in [0.717, 1.165) is 76.9 Å². The zero-order chi connectivity index (χ0) is 38.5. The number of carbonyl (C=O) groups excluding carboxylic acids is 2. The smallest absolute Gasteiger partial charge is 0.245 e. The van der Waals surface area contributed by atoms with Crippen LogP contribution in [0.5, 0.6) is 5.75 Å². The van der Waals surface area contributed by atoms with Crippen molar-refractivity contribution in [3.8, 4) is 5.75 Å². The number of amides is 2. The van der Waals surface area contributed by atoms with E-state index in [1.165, 1.54) is 44.1 Å². The van der Waals surface area contributed by atoms with Crippen LogP contribution in [-0.4, -0.2) is 145 Å². The van der Waals surface area contributed by atoms with Crippen LogP contribution in [0.15, 0.2) is 24.3 Å². The van der Waals surface area contributed by atoms with Crippen LogP contribution in [-0.2, 0) is 39.7 Å². The van der Waals surface area contributed by atoms with Crippen LogP contribution in [0.3, 0.4) is 0 Å². The van der Waals surface area contributed by atoms with Crippen LogP contribution in [0.4, 0.5) is 0 Å². The Balaban J connectivity index is 0.892. The molecular weight excluding hydrogens is 700 g/mol. The first kappa shape index (κ1) is 43.8. The van der Waals surface area contributed by atoms with E-state index in [4.69, 9.17) is 28.4 Å². The minimum atomic E-state index is -0.423. The molecule has 0 spiro atoms. The topological polar surface area (TPSA) is 120 Å². The molecule has 12 nitrogen and oxygen atoms in total. The highest BCUT2D eigenvalue weighted by atomic mass is 16.6. The number of fused-ring (bicyclic) bond motifs is 1. The highest BCUT2D eigenvalue weighted by Gasteiger charge is 2.44. The number of ether oxygens (including phenoxy) is 6. The fraction of sp³-hybridized carbons (Fsp3) is 0.814. The fourth-order valence-electron chi connectivity index (χ4n) is 8.64. The van der Waals surface area contributed by atoms with Gasteiger partial charge in [-0.05, 0) is 95.0 Å². The summed E-state index contributed by atoms with van der Waals surface area (Å²) >= 11 is 0. The SMILES string of the molecule is CN[C@@H](C)C(=O)NC(C(=O)N1CC[C@@H]2CCN(CCc3ccc(OCCOCCOCCOCCOCCOC4CCCCC4)cc3)C[C@@H]21)C1CCCCC1. The van der Waals surface area contributed by atoms with Crippen molar-refractivity contribution in [1.82, 2.24) is 20.4 Å². The van der Waals surface area contributed by atoms with E-state index >= 15 is 0 Å². The molecule has 5 rings (SSSR count). The van der Waals surface area contributed by atoms with Gasteiger partial charge in [-0.2, -0.15) is 0 Å². The van der Waals surface area contributed by atoms with Gasteiger partial charge in [0.15, 0.2) is 0 Å². The molecule has 2 saturated carbocycles. The molecule has 2 N–H and O–H groups in total. The molecule has 1 aromatic rings. The Morgan fingerprint density at radius 3 is 1.95 bits per heavy atom.